The molecule has 0 unspecified atom stereocenters. The van der Waals surface area contributed by atoms with Gasteiger partial charge in [-0.2, -0.15) is 0 Å². The minimum atomic E-state index is -0.573. The SMILES string of the molecule is Cl.O=C(c1ccc(Cl)c([N+](=O)[O-])c1)N1CCN(CC=Cc2ccccc2)CC1. The summed E-state index contributed by atoms with van der Waals surface area (Å²) in [6, 6.07) is 14.3. The highest BCUT2D eigenvalue weighted by Crippen LogP contribution is 2.25. The van der Waals surface area contributed by atoms with Crippen molar-refractivity contribution in [1.29, 1.82) is 0 Å². The molecule has 8 heteroatoms. The highest BCUT2D eigenvalue weighted by Gasteiger charge is 2.23. The average Bonchev–Trinajstić information content (AvgIpc) is 2.69. The topological polar surface area (TPSA) is 66.7 Å². The van der Waals surface area contributed by atoms with E-state index in [2.05, 4.69) is 29.2 Å². The molecular formula is C20H21Cl2N3O3. The van der Waals surface area contributed by atoms with Crippen LogP contribution < -0.4 is 0 Å². The Kier molecular flexibility index (Phi) is 7.99. The number of hydrogen-bond acceptors (Lipinski definition) is 4. The van der Waals surface area contributed by atoms with Gasteiger partial charge in [0.25, 0.3) is 11.6 Å². The van der Waals surface area contributed by atoms with Crippen LogP contribution in [0.25, 0.3) is 6.08 Å². The van der Waals surface area contributed by atoms with Gasteiger partial charge in [-0.25, -0.2) is 0 Å². The van der Waals surface area contributed by atoms with Gasteiger partial charge in [-0.05, 0) is 17.7 Å². The fraction of sp³-hybridized carbons (Fsp3) is 0.250. The number of nitro groups is 1. The van der Waals surface area contributed by atoms with Gasteiger partial charge in [0.1, 0.15) is 5.02 Å². The molecule has 0 N–H and O–H groups in total. The van der Waals surface area contributed by atoms with Crippen LogP contribution in [0.3, 0.4) is 0 Å². The Bertz CT molecular complexity index is 851. The van der Waals surface area contributed by atoms with Gasteiger partial charge in [0, 0.05) is 44.4 Å². The Hall–Kier alpha value is -2.41. The molecule has 1 saturated heterocycles. The monoisotopic (exact) mass is 421 g/mol. The van der Waals surface area contributed by atoms with E-state index in [4.69, 9.17) is 11.6 Å². The van der Waals surface area contributed by atoms with Crippen LogP contribution in [0.15, 0.2) is 54.6 Å². The minimum Gasteiger partial charge on any atom is -0.336 e. The summed E-state index contributed by atoms with van der Waals surface area (Å²) in [7, 11) is 0. The molecular weight excluding hydrogens is 401 g/mol. The molecule has 0 radical (unpaired) electrons. The maximum Gasteiger partial charge on any atom is 0.288 e. The van der Waals surface area contributed by atoms with E-state index in [9.17, 15) is 14.9 Å². The summed E-state index contributed by atoms with van der Waals surface area (Å²) in [6.45, 7) is 3.54. The molecule has 2 aromatic rings. The van der Waals surface area contributed by atoms with E-state index in [-0.39, 0.29) is 29.0 Å². The first-order valence-corrected chi connectivity index (χ1v) is 9.09. The molecule has 0 bridgehead atoms. The van der Waals surface area contributed by atoms with Gasteiger partial charge in [0.2, 0.25) is 0 Å². The van der Waals surface area contributed by atoms with Crippen LogP contribution in [0.4, 0.5) is 5.69 Å². The second-order valence-electron chi connectivity index (χ2n) is 6.33. The molecule has 2 aromatic carbocycles. The highest BCUT2D eigenvalue weighted by atomic mass is 35.5. The lowest BCUT2D eigenvalue weighted by Crippen LogP contribution is -2.48. The molecule has 6 nitrogen and oxygen atoms in total. The zero-order chi connectivity index (χ0) is 19.2. The third kappa shape index (κ3) is 5.55. The van der Waals surface area contributed by atoms with Crippen LogP contribution in [0.2, 0.25) is 5.02 Å². The van der Waals surface area contributed by atoms with Crippen molar-refractivity contribution in [1.82, 2.24) is 9.80 Å². The predicted octanol–water partition coefficient (Wildman–Crippen LogP) is 4.14. The van der Waals surface area contributed by atoms with Crippen molar-refractivity contribution in [2.45, 2.75) is 0 Å². The summed E-state index contributed by atoms with van der Waals surface area (Å²) in [5.41, 5.74) is 1.21. The lowest BCUT2D eigenvalue weighted by Gasteiger charge is -2.34. The minimum absolute atomic E-state index is 0. The number of nitro benzene ring substituents is 1. The average molecular weight is 422 g/mol. The molecule has 148 valence electrons. The molecule has 0 atom stereocenters. The first-order chi connectivity index (χ1) is 13.0. The normalized spacial score (nSPS) is 14.7. The molecule has 1 fully saturated rings. The van der Waals surface area contributed by atoms with Crippen molar-refractivity contribution in [2.24, 2.45) is 0 Å². The van der Waals surface area contributed by atoms with Crippen molar-refractivity contribution in [3.05, 3.63) is 80.9 Å². The number of halogens is 2. The number of carbonyl (C=O) groups is 1. The van der Waals surface area contributed by atoms with E-state index in [0.29, 0.717) is 18.7 Å². The van der Waals surface area contributed by atoms with Gasteiger partial charge in [-0.1, -0.05) is 54.1 Å². The lowest BCUT2D eigenvalue weighted by molar-refractivity contribution is -0.384. The Labute approximate surface area is 175 Å². The van der Waals surface area contributed by atoms with Gasteiger partial charge in [-0.3, -0.25) is 19.8 Å². The van der Waals surface area contributed by atoms with Gasteiger partial charge in [0.05, 0.1) is 4.92 Å². The molecule has 0 saturated carbocycles. The molecule has 0 aliphatic carbocycles. The van der Waals surface area contributed by atoms with Crippen LogP contribution >= 0.6 is 24.0 Å². The summed E-state index contributed by atoms with van der Waals surface area (Å²) in [5, 5.41) is 11.0. The van der Waals surface area contributed by atoms with E-state index < -0.39 is 4.92 Å². The van der Waals surface area contributed by atoms with Crippen LogP contribution in [-0.4, -0.2) is 53.4 Å². The van der Waals surface area contributed by atoms with E-state index >= 15 is 0 Å². The summed E-state index contributed by atoms with van der Waals surface area (Å²) in [5.74, 6) is -0.200. The van der Waals surface area contributed by atoms with Gasteiger partial charge in [-0.15, -0.1) is 12.4 Å². The largest absolute Gasteiger partial charge is 0.336 e. The quantitative estimate of drug-likeness (QED) is 0.537. The number of hydrogen-bond donors (Lipinski definition) is 0. The predicted molar refractivity (Wildman–Crippen MR) is 113 cm³/mol. The van der Waals surface area contributed by atoms with Crippen LogP contribution in [0.5, 0.6) is 0 Å². The van der Waals surface area contributed by atoms with Gasteiger partial charge < -0.3 is 4.90 Å². The molecule has 0 aromatic heterocycles. The smallest absolute Gasteiger partial charge is 0.288 e. The first-order valence-electron chi connectivity index (χ1n) is 8.72. The molecule has 1 amide bonds. The lowest BCUT2D eigenvalue weighted by atomic mass is 10.1. The third-order valence-corrected chi connectivity index (χ3v) is 4.84. The number of benzene rings is 2. The Morgan fingerprint density at radius 3 is 2.43 bits per heavy atom. The molecule has 0 spiro atoms. The number of rotatable bonds is 5. The van der Waals surface area contributed by atoms with Crippen LogP contribution in [-0.2, 0) is 0 Å². The van der Waals surface area contributed by atoms with Crippen molar-refractivity contribution in [3.8, 4) is 0 Å². The van der Waals surface area contributed by atoms with E-state index in [1.807, 2.05) is 18.2 Å². The van der Waals surface area contributed by atoms with Crippen molar-refractivity contribution >= 4 is 41.7 Å². The number of piperazine rings is 1. The zero-order valence-electron chi connectivity index (χ0n) is 15.2. The standard InChI is InChI=1S/C20H20ClN3O3.ClH/c21-18-9-8-17(15-19(18)24(26)27)20(25)23-13-11-22(12-14-23)10-4-7-16-5-2-1-3-6-16;/h1-9,15H,10-14H2;1H. The van der Waals surface area contributed by atoms with Crippen LogP contribution in [0.1, 0.15) is 15.9 Å². The number of carbonyl (C=O) groups excluding carboxylic acids is 1. The Morgan fingerprint density at radius 2 is 1.79 bits per heavy atom. The van der Waals surface area contributed by atoms with Crippen LogP contribution in [0, 0.1) is 10.1 Å². The van der Waals surface area contributed by atoms with Gasteiger partial charge in [0.15, 0.2) is 0 Å². The Balaban J connectivity index is 0.00000280. The maximum atomic E-state index is 12.6. The molecule has 3 rings (SSSR count). The van der Waals surface area contributed by atoms with E-state index in [1.165, 1.54) is 18.2 Å². The fourth-order valence-electron chi connectivity index (χ4n) is 3.00. The van der Waals surface area contributed by atoms with Crippen molar-refractivity contribution in [3.63, 3.8) is 0 Å². The molecule has 28 heavy (non-hydrogen) atoms. The maximum absolute atomic E-state index is 12.6. The highest BCUT2D eigenvalue weighted by molar-refractivity contribution is 6.32. The second kappa shape index (κ2) is 10.2. The van der Waals surface area contributed by atoms with Crippen molar-refractivity contribution < 1.29 is 9.72 Å². The van der Waals surface area contributed by atoms with Crippen molar-refractivity contribution in [2.75, 3.05) is 32.7 Å². The molecule has 1 aliphatic heterocycles. The number of amides is 1. The first kappa shape index (κ1) is 21.9. The molecule has 1 aliphatic rings. The van der Waals surface area contributed by atoms with E-state index in [1.54, 1.807) is 4.90 Å². The Morgan fingerprint density at radius 1 is 1.11 bits per heavy atom. The fourth-order valence-corrected chi connectivity index (χ4v) is 3.19. The summed E-state index contributed by atoms with van der Waals surface area (Å²) >= 11 is 5.81. The summed E-state index contributed by atoms with van der Waals surface area (Å²) in [6.07, 6.45) is 4.21. The second-order valence-corrected chi connectivity index (χ2v) is 6.74. The van der Waals surface area contributed by atoms with Gasteiger partial charge >= 0.3 is 0 Å². The summed E-state index contributed by atoms with van der Waals surface area (Å²) in [4.78, 5) is 27.0. The molecule has 1 heterocycles. The summed E-state index contributed by atoms with van der Waals surface area (Å²) < 4.78 is 0. The zero-order valence-corrected chi connectivity index (χ0v) is 16.7. The third-order valence-electron chi connectivity index (χ3n) is 4.52. The number of nitrogens with zero attached hydrogens (tertiary/aromatic N) is 3. The van der Waals surface area contributed by atoms with E-state index in [0.717, 1.165) is 25.2 Å².